The summed E-state index contributed by atoms with van der Waals surface area (Å²) in [5, 5.41) is 2.74. The van der Waals surface area contributed by atoms with Gasteiger partial charge in [0.2, 0.25) is 10.0 Å². The predicted molar refractivity (Wildman–Crippen MR) is 126 cm³/mol. The lowest BCUT2D eigenvalue weighted by Crippen LogP contribution is -2.32. The Balaban J connectivity index is 1.67. The van der Waals surface area contributed by atoms with Crippen LogP contribution in [-0.2, 0) is 21.2 Å². The lowest BCUT2D eigenvalue weighted by atomic mass is 10.1. The molecule has 33 heavy (non-hydrogen) atoms. The fraction of sp³-hybridized carbons (Fsp3) is 0.409. The van der Waals surface area contributed by atoms with Crippen molar-refractivity contribution in [1.29, 1.82) is 0 Å². The molecule has 8 nitrogen and oxygen atoms in total. The van der Waals surface area contributed by atoms with Gasteiger partial charge in [-0.1, -0.05) is 29.3 Å². The summed E-state index contributed by atoms with van der Waals surface area (Å²) < 4.78 is 44.0. The number of carbonyl (C=O) groups excluding carboxylic acids is 1. The van der Waals surface area contributed by atoms with Gasteiger partial charge in [0.15, 0.2) is 11.5 Å². The van der Waals surface area contributed by atoms with E-state index in [1.165, 1.54) is 12.1 Å². The summed E-state index contributed by atoms with van der Waals surface area (Å²) in [5.74, 6) is 0.695. The van der Waals surface area contributed by atoms with E-state index in [9.17, 15) is 13.2 Å². The number of carbonyl (C=O) groups is 1. The highest BCUT2D eigenvalue weighted by atomic mass is 35.5. The van der Waals surface area contributed by atoms with E-state index in [4.69, 9.17) is 37.4 Å². The molecule has 1 aliphatic heterocycles. The number of benzene rings is 2. The van der Waals surface area contributed by atoms with Crippen LogP contribution in [0.4, 0.5) is 0 Å². The van der Waals surface area contributed by atoms with Crippen LogP contribution in [0.5, 0.6) is 11.5 Å². The molecule has 2 aromatic carbocycles. The molecular formula is C22H26Cl2N2O6S. The Morgan fingerprint density at radius 1 is 1.12 bits per heavy atom. The lowest BCUT2D eigenvalue weighted by molar-refractivity contribution is 0.0954. The van der Waals surface area contributed by atoms with E-state index < -0.39 is 15.9 Å². The van der Waals surface area contributed by atoms with Gasteiger partial charge in [0, 0.05) is 19.7 Å². The normalized spacial score (nSPS) is 15.9. The standard InChI is InChI=1S/C22H26Cl2N2O6S/c1-30-19-6-5-14(10-20(19)31-2)7-8-25-22(27)16-11-21(18(24)12-17(16)23)33(28,29)26-13-15-4-3-9-32-15/h5-6,10-12,15,26H,3-4,7-9,13H2,1-2H3,(H,25,27)/t15-/m1/s1. The quantitative estimate of drug-likeness (QED) is 0.501. The number of rotatable bonds is 10. The summed E-state index contributed by atoms with van der Waals surface area (Å²) >= 11 is 12.3. The van der Waals surface area contributed by atoms with Crippen molar-refractivity contribution >= 4 is 39.1 Å². The van der Waals surface area contributed by atoms with Gasteiger partial charge < -0.3 is 19.5 Å². The van der Waals surface area contributed by atoms with Gasteiger partial charge in [0.1, 0.15) is 4.90 Å². The molecule has 180 valence electrons. The molecule has 1 heterocycles. The van der Waals surface area contributed by atoms with E-state index >= 15 is 0 Å². The van der Waals surface area contributed by atoms with Gasteiger partial charge in [-0.2, -0.15) is 0 Å². The average Bonchev–Trinajstić information content (AvgIpc) is 3.31. The zero-order chi connectivity index (χ0) is 24.0. The first kappa shape index (κ1) is 25.6. The molecule has 0 radical (unpaired) electrons. The Hall–Kier alpha value is -2.04. The second-order valence-corrected chi connectivity index (χ2v) is 9.99. The molecule has 0 unspecified atom stereocenters. The highest BCUT2D eigenvalue weighted by Crippen LogP contribution is 2.29. The molecule has 1 atom stereocenters. The van der Waals surface area contributed by atoms with Crippen molar-refractivity contribution in [3.8, 4) is 11.5 Å². The summed E-state index contributed by atoms with van der Waals surface area (Å²) in [6, 6.07) is 7.92. The van der Waals surface area contributed by atoms with Gasteiger partial charge in [-0.3, -0.25) is 4.79 Å². The van der Waals surface area contributed by atoms with Crippen molar-refractivity contribution in [3.05, 3.63) is 51.5 Å². The van der Waals surface area contributed by atoms with Crippen molar-refractivity contribution in [2.75, 3.05) is 33.9 Å². The molecule has 0 bridgehead atoms. The number of ether oxygens (including phenoxy) is 3. The Kier molecular flexibility index (Phi) is 8.83. The summed E-state index contributed by atoms with van der Waals surface area (Å²) in [6.07, 6.45) is 2.02. The Labute approximate surface area is 203 Å². The first-order valence-electron chi connectivity index (χ1n) is 10.3. The highest BCUT2D eigenvalue weighted by molar-refractivity contribution is 7.89. The molecule has 1 saturated heterocycles. The third-order valence-electron chi connectivity index (χ3n) is 5.23. The zero-order valence-corrected chi connectivity index (χ0v) is 20.6. The van der Waals surface area contributed by atoms with Crippen LogP contribution in [0.1, 0.15) is 28.8 Å². The smallest absolute Gasteiger partial charge is 0.252 e. The molecule has 0 aromatic heterocycles. The van der Waals surface area contributed by atoms with Crippen LogP contribution < -0.4 is 19.5 Å². The van der Waals surface area contributed by atoms with Crippen LogP contribution in [0, 0.1) is 0 Å². The maximum Gasteiger partial charge on any atom is 0.252 e. The number of sulfonamides is 1. The van der Waals surface area contributed by atoms with Crippen LogP contribution in [0.2, 0.25) is 10.0 Å². The first-order valence-corrected chi connectivity index (χ1v) is 12.6. The van der Waals surface area contributed by atoms with Gasteiger partial charge in [-0.15, -0.1) is 0 Å². The minimum atomic E-state index is -3.96. The van der Waals surface area contributed by atoms with Crippen LogP contribution >= 0.6 is 23.2 Å². The summed E-state index contributed by atoms with van der Waals surface area (Å²) in [7, 11) is -0.851. The van der Waals surface area contributed by atoms with Gasteiger partial charge in [0.25, 0.3) is 5.91 Å². The van der Waals surface area contributed by atoms with E-state index in [0.717, 1.165) is 18.4 Å². The fourth-order valence-corrected chi connectivity index (χ4v) is 5.37. The largest absolute Gasteiger partial charge is 0.493 e. The van der Waals surface area contributed by atoms with Crippen molar-refractivity contribution in [3.63, 3.8) is 0 Å². The van der Waals surface area contributed by atoms with E-state index in [1.54, 1.807) is 20.3 Å². The van der Waals surface area contributed by atoms with Crippen LogP contribution in [0.15, 0.2) is 35.2 Å². The molecule has 2 N–H and O–H groups in total. The molecular weight excluding hydrogens is 491 g/mol. The average molecular weight is 517 g/mol. The number of nitrogens with one attached hydrogen (secondary N) is 2. The molecule has 0 spiro atoms. The number of methoxy groups -OCH3 is 2. The van der Waals surface area contributed by atoms with E-state index in [-0.39, 0.29) is 33.2 Å². The first-order chi connectivity index (χ1) is 15.7. The van der Waals surface area contributed by atoms with E-state index in [0.29, 0.717) is 31.1 Å². The Bertz CT molecular complexity index is 1100. The molecule has 3 rings (SSSR count). The number of hydrogen-bond acceptors (Lipinski definition) is 6. The summed E-state index contributed by atoms with van der Waals surface area (Å²) in [5.41, 5.74) is 0.947. The molecule has 0 aliphatic carbocycles. The predicted octanol–water partition coefficient (Wildman–Crippen LogP) is 3.44. The molecule has 11 heteroatoms. The minimum Gasteiger partial charge on any atom is -0.493 e. The minimum absolute atomic E-state index is 0.0193. The van der Waals surface area contributed by atoms with Gasteiger partial charge >= 0.3 is 0 Å². The maximum absolute atomic E-state index is 12.8. The van der Waals surface area contributed by atoms with Crippen molar-refractivity contribution in [2.45, 2.75) is 30.3 Å². The van der Waals surface area contributed by atoms with Crippen LogP contribution in [-0.4, -0.2) is 54.3 Å². The van der Waals surface area contributed by atoms with Gasteiger partial charge in [0.05, 0.1) is 35.9 Å². The third-order valence-corrected chi connectivity index (χ3v) is 7.43. The maximum atomic E-state index is 12.8. The second-order valence-electron chi connectivity index (χ2n) is 7.44. The lowest BCUT2D eigenvalue weighted by Gasteiger charge is -2.14. The van der Waals surface area contributed by atoms with Gasteiger partial charge in [-0.05, 0) is 49.1 Å². The topological polar surface area (TPSA) is 103 Å². The number of amides is 1. The number of hydrogen-bond donors (Lipinski definition) is 2. The molecule has 1 amide bonds. The second kappa shape index (κ2) is 11.4. The van der Waals surface area contributed by atoms with Crippen LogP contribution in [0.3, 0.4) is 0 Å². The van der Waals surface area contributed by atoms with Crippen molar-refractivity contribution in [1.82, 2.24) is 10.0 Å². The molecule has 0 saturated carbocycles. The summed E-state index contributed by atoms with van der Waals surface area (Å²) in [4.78, 5) is 12.5. The monoisotopic (exact) mass is 516 g/mol. The van der Waals surface area contributed by atoms with E-state index in [2.05, 4.69) is 10.0 Å². The highest BCUT2D eigenvalue weighted by Gasteiger charge is 2.25. The van der Waals surface area contributed by atoms with Crippen molar-refractivity contribution < 1.29 is 27.4 Å². The summed E-state index contributed by atoms with van der Waals surface area (Å²) in [6.45, 7) is 1.04. The van der Waals surface area contributed by atoms with Crippen molar-refractivity contribution in [2.24, 2.45) is 0 Å². The Morgan fingerprint density at radius 2 is 1.88 bits per heavy atom. The van der Waals surface area contributed by atoms with E-state index in [1.807, 2.05) is 12.1 Å². The van der Waals surface area contributed by atoms with Gasteiger partial charge in [-0.25, -0.2) is 13.1 Å². The Morgan fingerprint density at radius 3 is 2.55 bits per heavy atom. The molecule has 1 fully saturated rings. The van der Waals surface area contributed by atoms with Crippen LogP contribution in [0.25, 0.3) is 0 Å². The number of halogens is 2. The SMILES string of the molecule is COc1ccc(CCNC(=O)c2cc(S(=O)(=O)NC[C@H]3CCCO3)c(Cl)cc2Cl)cc1OC. The fourth-order valence-electron chi connectivity index (χ4n) is 3.45. The third kappa shape index (κ3) is 6.51. The molecule has 1 aliphatic rings. The molecule has 2 aromatic rings. The zero-order valence-electron chi connectivity index (χ0n) is 18.3.